The van der Waals surface area contributed by atoms with Crippen LogP contribution in [0.3, 0.4) is 0 Å². The van der Waals surface area contributed by atoms with Crippen molar-refractivity contribution in [1.82, 2.24) is 29.4 Å². The largest absolute Gasteiger partial charge is 0.366 e. The fourth-order valence-electron chi connectivity index (χ4n) is 3.39. The number of primary amides is 1. The summed E-state index contributed by atoms with van der Waals surface area (Å²) >= 11 is 0. The van der Waals surface area contributed by atoms with Gasteiger partial charge in [-0.2, -0.15) is 9.97 Å². The summed E-state index contributed by atoms with van der Waals surface area (Å²) in [5.74, 6) is 0.958. The molecule has 0 aromatic carbocycles. The zero-order chi connectivity index (χ0) is 20.5. The van der Waals surface area contributed by atoms with E-state index in [1.54, 1.807) is 19.2 Å². The molecule has 0 spiro atoms. The number of piperazine rings is 1. The molecule has 11 nitrogen and oxygen atoms in total. The van der Waals surface area contributed by atoms with E-state index in [0.29, 0.717) is 35.0 Å². The van der Waals surface area contributed by atoms with Crippen LogP contribution in [-0.2, 0) is 13.6 Å². The van der Waals surface area contributed by atoms with Gasteiger partial charge in [-0.3, -0.25) is 14.2 Å². The van der Waals surface area contributed by atoms with Gasteiger partial charge in [-0.15, -0.1) is 0 Å². The van der Waals surface area contributed by atoms with Crippen molar-refractivity contribution in [1.29, 1.82) is 0 Å². The van der Waals surface area contributed by atoms with Crippen LogP contribution in [0.1, 0.15) is 17.3 Å². The van der Waals surface area contributed by atoms with Gasteiger partial charge in [0, 0.05) is 46.0 Å². The Bertz CT molecular complexity index is 1110. The number of carbonyl (C=O) groups is 1. The molecule has 1 aliphatic heterocycles. The Kier molecular flexibility index (Phi) is 4.89. The van der Waals surface area contributed by atoms with E-state index in [4.69, 9.17) is 5.73 Å². The molecule has 29 heavy (non-hydrogen) atoms. The first-order valence-electron chi connectivity index (χ1n) is 9.45. The smallest absolute Gasteiger partial charge is 0.280 e. The Morgan fingerprint density at radius 1 is 1.28 bits per heavy atom. The van der Waals surface area contributed by atoms with E-state index in [2.05, 4.69) is 30.5 Å². The van der Waals surface area contributed by atoms with Crippen molar-refractivity contribution in [2.45, 2.75) is 13.5 Å². The number of nitrogens with two attached hydrogens (primary N) is 1. The van der Waals surface area contributed by atoms with Gasteiger partial charge in [0.25, 0.3) is 5.56 Å². The maximum absolute atomic E-state index is 13.1. The van der Waals surface area contributed by atoms with Crippen LogP contribution in [0.2, 0.25) is 0 Å². The standard InChI is InChI=1S/C18H23N9O2/c1-3-27-13-15(24-18(27)26-8-6-20-7-9-26)23-17(25(2)16(13)29)22-12-5-4-11(10-21-12)14(19)28/h4-5,10,20H,3,6-9H2,1-2H3,(H2,19,28)(H,21,22,23). The number of pyridine rings is 1. The molecule has 0 radical (unpaired) electrons. The molecule has 0 atom stereocenters. The molecule has 0 aliphatic carbocycles. The van der Waals surface area contributed by atoms with E-state index in [-0.39, 0.29) is 5.56 Å². The Hall–Kier alpha value is -3.47. The van der Waals surface area contributed by atoms with Gasteiger partial charge in [0.15, 0.2) is 11.2 Å². The predicted octanol–water partition coefficient (Wildman–Crippen LogP) is -0.203. The zero-order valence-corrected chi connectivity index (χ0v) is 16.3. The van der Waals surface area contributed by atoms with Gasteiger partial charge in [-0.1, -0.05) is 0 Å². The molecule has 0 bridgehead atoms. The van der Waals surface area contributed by atoms with Crippen molar-refractivity contribution in [3.05, 3.63) is 34.2 Å². The minimum Gasteiger partial charge on any atom is -0.366 e. The average Bonchev–Trinajstić information content (AvgIpc) is 3.11. The third-order valence-electron chi connectivity index (χ3n) is 4.97. The van der Waals surface area contributed by atoms with Crippen molar-refractivity contribution < 1.29 is 4.79 Å². The number of aryl methyl sites for hydroxylation is 1. The average molecular weight is 397 g/mol. The van der Waals surface area contributed by atoms with Gasteiger partial charge in [0.2, 0.25) is 17.8 Å². The summed E-state index contributed by atoms with van der Waals surface area (Å²) < 4.78 is 3.35. The number of rotatable bonds is 5. The topological polar surface area (TPSA) is 136 Å². The lowest BCUT2D eigenvalue weighted by Gasteiger charge is -2.28. The van der Waals surface area contributed by atoms with Crippen LogP contribution >= 0.6 is 0 Å². The fraction of sp³-hybridized carbons (Fsp3) is 0.389. The second kappa shape index (κ2) is 7.51. The monoisotopic (exact) mass is 397 g/mol. The van der Waals surface area contributed by atoms with E-state index in [1.807, 2.05) is 11.5 Å². The highest BCUT2D eigenvalue weighted by molar-refractivity contribution is 5.92. The summed E-state index contributed by atoms with van der Waals surface area (Å²) in [6.45, 7) is 6.00. The summed E-state index contributed by atoms with van der Waals surface area (Å²) in [6, 6.07) is 3.16. The Morgan fingerprint density at radius 2 is 2.03 bits per heavy atom. The normalized spacial score (nSPS) is 14.3. The number of anilines is 3. The molecule has 1 fully saturated rings. The quantitative estimate of drug-likeness (QED) is 0.538. The van der Waals surface area contributed by atoms with E-state index in [9.17, 15) is 9.59 Å². The van der Waals surface area contributed by atoms with Gasteiger partial charge >= 0.3 is 0 Å². The Morgan fingerprint density at radius 3 is 2.66 bits per heavy atom. The number of nitrogens with one attached hydrogen (secondary N) is 2. The lowest BCUT2D eigenvalue weighted by Crippen LogP contribution is -2.44. The van der Waals surface area contributed by atoms with Crippen LogP contribution in [0.25, 0.3) is 11.2 Å². The van der Waals surface area contributed by atoms with Crippen molar-refractivity contribution in [2.75, 3.05) is 36.4 Å². The first-order valence-corrected chi connectivity index (χ1v) is 9.45. The predicted molar refractivity (Wildman–Crippen MR) is 110 cm³/mol. The number of imidazole rings is 1. The number of nitrogens with zero attached hydrogens (tertiary/aromatic N) is 6. The maximum atomic E-state index is 13.1. The van der Waals surface area contributed by atoms with Crippen molar-refractivity contribution >= 4 is 34.8 Å². The summed E-state index contributed by atoms with van der Waals surface area (Å²) in [4.78, 5) is 39.8. The lowest BCUT2D eigenvalue weighted by atomic mass is 10.3. The highest BCUT2D eigenvalue weighted by Gasteiger charge is 2.22. The zero-order valence-electron chi connectivity index (χ0n) is 16.3. The SMILES string of the molecule is CCn1c(N2CCNCC2)nc2nc(Nc3ccc(C(N)=O)cn3)n(C)c(=O)c21. The molecule has 4 rings (SSSR count). The second-order valence-electron chi connectivity index (χ2n) is 6.79. The van der Waals surface area contributed by atoms with E-state index in [1.165, 1.54) is 10.8 Å². The molecule has 152 valence electrons. The molecule has 4 N–H and O–H groups in total. The highest BCUT2D eigenvalue weighted by Crippen LogP contribution is 2.21. The number of hydrogen-bond donors (Lipinski definition) is 3. The number of hydrogen-bond acceptors (Lipinski definition) is 8. The summed E-state index contributed by atoms with van der Waals surface area (Å²) in [6.07, 6.45) is 1.37. The van der Waals surface area contributed by atoms with Gasteiger partial charge in [-0.25, -0.2) is 4.98 Å². The molecule has 0 unspecified atom stereocenters. The highest BCUT2D eigenvalue weighted by atomic mass is 16.1. The molecular formula is C18H23N9O2. The third-order valence-corrected chi connectivity index (χ3v) is 4.97. The van der Waals surface area contributed by atoms with Gasteiger partial charge in [0.05, 0.1) is 5.56 Å². The lowest BCUT2D eigenvalue weighted by molar-refractivity contribution is 0.1000. The Balaban J connectivity index is 1.75. The molecular weight excluding hydrogens is 374 g/mol. The number of amides is 1. The summed E-state index contributed by atoms with van der Waals surface area (Å²) in [5, 5.41) is 6.33. The van der Waals surface area contributed by atoms with E-state index < -0.39 is 5.91 Å². The van der Waals surface area contributed by atoms with Gasteiger partial charge in [0.1, 0.15) is 5.82 Å². The summed E-state index contributed by atoms with van der Waals surface area (Å²) in [7, 11) is 1.65. The fourth-order valence-corrected chi connectivity index (χ4v) is 3.39. The van der Waals surface area contributed by atoms with Crippen LogP contribution in [-0.4, -0.2) is 56.2 Å². The maximum Gasteiger partial charge on any atom is 0.280 e. The molecule has 3 aromatic heterocycles. The summed E-state index contributed by atoms with van der Waals surface area (Å²) in [5.41, 5.74) is 6.21. The number of fused-ring (bicyclic) bond motifs is 1. The minimum atomic E-state index is -0.554. The molecule has 1 saturated heterocycles. The molecule has 3 aromatic rings. The number of carbonyl (C=O) groups excluding carboxylic acids is 1. The first kappa shape index (κ1) is 18.9. The van der Waals surface area contributed by atoms with Crippen LogP contribution in [0.15, 0.2) is 23.1 Å². The van der Waals surface area contributed by atoms with Crippen LogP contribution in [0, 0.1) is 0 Å². The minimum absolute atomic E-state index is 0.193. The first-order chi connectivity index (χ1) is 14.0. The molecule has 1 amide bonds. The van der Waals surface area contributed by atoms with Crippen molar-refractivity contribution in [3.63, 3.8) is 0 Å². The molecule has 1 aliphatic rings. The molecule has 4 heterocycles. The number of aromatic nitrogens is 5. The Labute approximate surface area is 166 Å². The van der Waals surface area contributed by atoms with E-state index in [0.717, 1.165) is 32.1 Å². The van der Waals surface area contributed by atoms with Gasteiger partial charge in [-0.05, 0) is 19.1 Å². The van der Waals surface area contributed by atoms with Crippen molar-refractivity contribution in [3.8, 4) is 0 Å². The van der Waals surface area contributed by atoms with Crippen LogP contribution < -0.4 is 26.8 Å². The molecule has 0 saturated carbocycles. The van der Waals surface area contributed by atoms with Crippen LogP contribution in [0.5, 0.6) is 0 Å². The van der Waals surface area contributed by atoms with Crippen molar-refractivity contribution in [2.24, 2.45) is 12.8 Å². The van der Waals surface area contributed by atoms with Gasteiger partial charge < -0.3 is 25.8 Å². The van der Waals surface area contributed by atoms with Crippen LogP contribution in [0.4, 0.5) is 17.7 Å². The third kappa shape index (κ3) is 3.40. The molecule has 11 heteroatoms. The second-order valence-corrected chi connectivity index (χ2v) is 6.79. The van der Waals surface area contributed by atoms with E-state index >= 15 is 0 Å².